The molecule has 8 heteroatoms. The van der Waals surface area contributed by atoms with Crippen LogP contribution >= 0.6 is 0 Å². The maximum absolute atomic E-state index is 12.5. The first kappa shape index (κ1) is 20.2. The van der Waals surface area contributed by atoms with E-state index in [1.807, 2.05) is 38.1 Å². The average molecular weight is 401 g/mol. The van der Waals surface area contributed by atoms with Crippen molar-refractivity contribution < 1.29 is 17.7 Å². The zero-order valence-electron chi connectivity index (χ0n) is 15.9. The van der Waals surface area contributed by atoms with Gasteiger partial charge >= 0.3 is 0 Å². The van der Waals surface area contributed by atoms with Crippen LogP contribution in [-0.2, 0) is 14.8 Å². The minimum absolute atomic E-state index is 0.150. The first-order chi connectivity index (χ1) is 13.5. The summed E-state index contributed by atoms with van der Waals surface area (Å²) in [6.45, 7) is 5.34. The summed E-state index contributed by atoms with van der Waals surface area (Å²) in [6.07, 6.45) is 0.607. The van der Waals surface area contributed by atoms with Crippen LogP contribution < -0.4 is 4.72 Å². The Morgan fingerprint density at radius 2 is 1.89 bits per heavy atom. The number of rotatable bonds is 9. The van der Waals surface area contributed by atoms with Gasteiger partial charge in [-0.1, -0.05) is 41.1 Å². The van der Waals surface area contributed by atoms with Crippen molar-refractivity contribution in [1.82, 2.24) is 14.9 Å². The van der Waals surface area contributed by atoms with Gasteiger partial charge in [0.15, 0.2) is 0 Å². The molecule has 148 valence electrons. The number of aromatic nitrogens is 2. The van der Waals surface area contributed by atoms with Gasteiger partial charge in [-0.3, -0.25) is 0 Å². The predicted molar refractivity (Wildman–Crippen MR) is 106 cm³/mol. The summed E-state index contributed by atoms with van der Waals surface area (Å²) in [5.41, 5.74) is 2.52. The molecule has 0 radical (unpaired) electrons. The molecule has 0 amide bonds. The van der Waals surface area contributed by atoms with Gasteiger partial charge in [-0.05, 0) is 38.5 Å². The Morgan fingerprint density at radius 3 is 2.64 bits per heavy atom. The van der Waals surface area contributed by atoms with E-state index < -0.39 is 10.0 Å². The quantitative estimate of drug-likeness (QED) is 0.552. The van der Waals surface area contributed by atoms with Gasteiger partial charge in [-0.2, -0.15) is 4.98 Å². The number of hydrogen-bond donors (Lipinski definition) is 1. The van der Waals surface area contributed by atoms with Crippen LogP contribution in [0.1, 0.15) is 18.9 Å². The molecule has 2 aromatic carbocycles. The Bertz CT molecular complexity index is 1010. The van der Waals surface area contributed by atoms with E-state index in [4.69, 9.17) is 9.26 Å². The van der Waals surface area contributed by atoms with Gasteiger partial charge in [0, 0.05) is 30.9 Å². The predicted octanol–water partition coefficient (Wildman–Crippen LogP) is 3.42. The Hall–Kier alpha value is -2.55. The summed E-state index contributed by atoms with van der Waals surface area (Å²) >= 11 is 0. The lowest BCUT2D eigenvalue weighted by molar-refractivity contribution is 0.146. The fraction of sp³-hybridized carbons (Fsp3) is 0.300. The summed E-state index contributed by atoms with van der Waals surface area (Å²) in [4.78, 5) is 4.54. The lowest BCUT2D eigenvalue weighted by atomic mass is 10.1. The Labute approximate surface area is 164 Å². The van der Waals surface area contributed by atoms with Gasteiger partial charge in [-0.25, -0.2) is 13.1 Å². The molecular formula is C20H23N3O4S. The summed E-state index contributed by atoms with van der Waals surface area (Å²) in [7, 11) is -3.62. The van der Waals surface area contributed by atoms with E-state index in [-0.39, 0.29) is 10.8 Å². The van der Waals surface area contributed by atoms with Gasteiger partial charge in [-0.15, -0.1) is 0 Å². The molecular weight excluding hydrogens is 378 g/mol. The molecule has 3 aromatic rings. The highest BCUT2D eigenvalue weighted by Gasteiger charge is 2.17. The van der Waals surface area contributed by atoms with Gasteiger partial charge in [0.25, 0.3) is 5.89 Å². The monoisotopic (exact) mass is 401 g/mol. The molecule has 0 bridgehead atoms. The maximum atomic E-state index is 12.5. The van der Waals surface area contributed by atoms with E-state index in [0.29, 0.717) is 37.6 Å². The van der Waals surface area contributed by atoms with Crippen LogP contribution in [0.2, 0.25) is 0 Å². The van der Waals surface area contributed by atoms with Crippen molar-refractivity contribution in [2.45, 2.75) is 25.2 Å². The smallest absolute Gasteiger partial charge is 0.258 e. The normalized spacial score (nSPS) is 11.6. The summed E-state index contributed by atoms with van der Waals surface area (Å²) < 4.78 is 38.1. The number of ether oxygens (including phenoxy) is 1. The second-order valence-corrected chi connectivity index (χ2v) is 8.03. The Balaban J connectivity index is 1.75. The number of aryl methyl sites for hydroxylation is 1. The summed E-state index contributed by atoms with van der Waals surface area (Å²) in [5.74, 6) is 0.723. The number of hydrogen-bond acceptors (Lipinski definition) is 6. The fourth-order valence-electron chi connectivity index (χ4n) is 2.57. The molecule has 7 nitrogen and oxygen atoms in total. The van der Waals surface area contributed by atoms with Crippen molar-refractivity contribution in [3.8, 4) is 22.8 Å². The van der Waals surface area contributed by atoms with E-state index in [1.54, 1.807) is 12.1 Å². The van der Waals surface area contributed by atoms with Crippen molar-refractivity contribution in [2.24, 2.45) is 0 Å². The van der Waals surface area contributed by atoms with Crippen LogP contribution in [0.25, 0.3) is 22.8 Å². The molecule has 0 aliphatic rings. The lowest BCUT2D eigenvalue weighted by Gasteiger charge is -2.07. The van der Waals surface area contributed by atoms with Gasteiger partial charge in [0.2, 0.25) is 15.8 Å². The molecule has 0 unspecified atom stereocenters. The SMILES string of the molecule is CCOCCCNS(=O)(=O)c1cccc(-c2nc(-c3ccc(C)cc3)no2)c1. The zero-order valence-corrected chi connectivity index (χ0v) is 16.7. The van der Waals surface area contributed by atoms with Gasteiger partial charge in [0.05, 0.1) is 4.90 Å². The number of sulfonamides is 1. The number of nitrogens with zero attached hydrogens (tertiary/aromatic N) is 2. The van der Waals surface area contributed by atoms with Crippen molar-refractivity contribution >= 4 is 10.0 Å². The zero-order chi connectivity index (χ0) is 20.0. The van der Waals surface area contributed by atoms with Crippen molar-refractivity contribution in [3.05, 3.63) is 54.1 Å². The molecule has 0 aliphatic heterocycles. The second kappa shape index (κ2) is 9.09. The number of nitrogens with one attached hydrogen (secondary N) is 1. The second-order valence-electron chi connectivity index (χ2n) is 6.27. The molecule has 0 aliphatic carbocycles. The Kier molecular flexibility index (Phi) is 6.56. The average Bonchev–Trinajstić information content (AvgIpc) is 3.19. The highest BCUT2D eigenvalue weighted by molar-refractivity contribution is 7.89. The van der Waals surface area contributed by atoms with Crippen molar-refractivity contribution in [3.63, 3.8) is 0 Å². The fourth-order valence-corrected chi connectivity index (χ4v) is 3.68. The van der Waals surface area contributed by atoms with Crippen LogP contribution in [0.4, 0.5) is 0 Å². The topological polar surface area (TPSA) is 94.3 Å². The standard InChI is InChI=1S/C20H23N3O4S/c1-3-26-13-5-12-21-28(24,25)18-7-4-6-17(14-18)20-22-19(23-27-20)16-10-8-15(2)9-11-16/h4,6-11,14,21H,3,5,12-13H2,1-2H3. The molecule has 1 heterocycles. The molecule has 1 aromatic heterocycles. The van der Waals surface area contributed by atoms with Crippen LogP contribution in [0.15, 0.2) is 57.9 Å². The van der Waals surface area contributed by atoms with E-state index in [1.165, 1.54) is 12.1 Å². The van der Waals surface area contributed by atoms with Crippen LogP contribution in [-0.4, -0.2) is 38.3 Å². The largest absolute Gasteiger partial charge is 0.382 e. The molecule has 0 saturated carbocycles. The molecule has 0 atom stereocenters. The van der Waals surface area contributed by atoms with E-state index >= 15 is 0 Å². The molecule has 1 N–H and O–H groups in total. The minimum atomic E-state index is -3.62. The molecule has 3 rings (SSSR count). The van der Waals surface area contributed by atoms with Crippen molar-refractivity contribution in [1.29, 1.82) is 0 Å². The molecule has 28 heavy (non-hydrogen) atoms. The van der Waals surface area contributed by atoms with Crippen LogP contribution in [0.5, 0.6) is 0 Å². The molecule has 0 saturated heterocycles. The summed E-state index contributed by atoms with van der Waals surface area (Å²) in [6, 6.07) is 14.2. The van der Waals surface area contributed by atoms with Gasteiger partial charge in [0.1, 0.15) is 0 Å². The third-order valence-corrected chi connectivity index (χ3v) is 5.55. The van der Waals surface area contributed by atoms with E-state index in [9.17, 15) is 8.42 Å². The molecule has 0 fully saturated rings. The molecule has 0 spiro atoms. The highest BCUT2D eigenvalue weighted by Crippen LogP contribution is 2.24. The number of benzene rings is 2. The first-order valence-electron chi connectivity index (χ1n) is 9.08. The van der Waals surface area contributed by atoms with E-state index in [2.05, 4.69) is 14.9 Å². The summed E-state index contributed by atoms with van der Waals surface area (Å²) in [5, 5.41) is 4.00. The van der Waals surface area contributed by atoms with E-state index in [0.717, 1.165) is 11.1 Å². The third kappa shape index (κ3) is 5.03. The third-order valence-electron chi connectivity index (χ3n) is 4.09. The highest BCUT2D eigenvalue weighted by atomic mass is 32.2. The van der Waals surface area contributed by atoms with Gasteiger partial charge < -0.3 is 9.26 Å². The van der Waals surface area contributed by atoms with Crippen LogP contribution in [0, 0.1) is 6.92 Å². The minimum Gasteiger partial charge on any atom is -0.382 e. The lowest BCUT2D eigenvalue weighted by Crippen LogP contribution is -2.25. The van der Waals surface area contributed by atoms with Crippen molar-refractivity contribution in [2.75, 3.05) is 19.8 Å². The maximum Gasteiger partial charge on any atom is 0.258 e. The first-order valence-corrected chi connectivity index (χ1v) is 10.6. The Morgan fingerprint density at radius 1 is 1.11 bits per heavy atom. The van der Waals surface area contributed by atoms with Crippen LogP contribution in [0.3, 0.4) is 0 Å².